The molecule has 28 heavy (non-hydrogen) atoms. The molecule has 0 aliphatic carbocycles. The smallest absolute Gasteiger partial charge is 0.237 e. The van der Waals surface area contributed by atoms with E-state index in [1.807, 2.05) is 61.6 Å². The van der Waals surface area contributed by atoms with E-state index >= 15 is 0 Å². The van der Waals surface area contributed by atoms with E-state index in [1.54, 1.807) is 16.8 Å². The molecule has 3 rings (SSSR count). The molecule has 0 unspecified atom stereocenters. The third kappa shape index (κ3) is 3.80. The van der Waals surface area contributed by atoms with Crippen LogP contribution < -0.4 is 4.90 Å². The number of carbonyl (C=O) groups excluding carboxylic acids is 2. The zero-order chi connectivity index (χ0) is 20.1. The first-order chi connectivity index (χ1) is 13.5. The summed E-state index contributed by atoms with van der Waals surface area (Å²) in [5, 5.41) is 8.99. The summed E-state index contributed by atoms with van der Waals surface area (Å²) in [5.74, 6) is 0.0454. The average molecular weight is 380 g/mol. The Morgan fingerprint density at radius 1 is 1.11 bits per heavy atom. The lowest BCUT2D eigenvalue weighted by molar-refractivity contribution is -0.131. The van der Waals surface area contributed by atoms with Gasteiger partial charge in [0.25, 0.3) is 0 Å². The summed E-state index contributed by atoms with van der Waals surface area (Å²) in [6, 6.07) is 17.9. The van der Waals surface area contributed by atoms with Crippen molar-refractivity contribution in [3.63, 3.8) is 0 Å². The molecule has 5 heteroatoms. The SMILES string of the molecule is CN(CCCO)C(=O)CC[C@@]1(Cc2ccccc2)C(=O)N(C)c2ccccc21. The predicted molar refractivity (Wildman–Crippen MR) is 110 cm³/mol. The molecule has 1 heterocycles. The number of benzene rings is 2. The highest BCUT2D eigenvalue weighted by atomic mass is 16.3. The van der Waals surface area contributed by atoms with E-state index in [2.05, 4.69) is 0 Å². The second-order valence-corrected chi connectivity index (χ2v) is 7.52. The summed E-state index contributed by atoms with van der Waals surface area (Å²) in [7, 11) is 3.56. The number of aliphatic hydroxyl groups is 1. The molecule has 2 amide bonds. The van der Waals surface area contributed by atoms with Crippen molar-refractivity contribution >= 4 is 17.5 Å². The number of fused-ring (bicyclic) bond motifs is 1. The number of carbonyl (C=O) groups is 2. The van der Waals surface area contributed by atoms with Crippen LogP contribution in [0.1, 0.15) is 30.4 Å². The molecule has 0 spiro atoms. The Bertz CT molecular complexity index is 837. The monoisotopic (exact) mass is 380 g/mol. The average Bonchev–Trinajstić information content (AvgIpc) is 2.93. The first-order valence-electron chi connectivity index (χ1n) is 9.76. The molecule has 0 bridgehead atoms. The number of hydrogen-bond donors (Lipinski definition) is 1. The quantitative estimate of drug-likeness (QED) is 0.766. The maximum Gasteiger partial charge on any atom is 0.237 e. The van der Waals surface area contributed by atoms with Crippen molar-refractivity contribution in [1.29, 1.82) is 0 Å². The number of aliphatic hydroxyl groups excluding tert-OH is 1. The van der Waals surface area contributed by atoms with Crippen LogP contribution in [0.4, 0.5) is 5.69 Å². The Hall–Kier alpha value is -2.66. The van der Waals surface area contributed by atoms with Crippen LogP contribution in [0.25, 0.3) is 0 Å². The van der Waals surface area contributed by atoms with Crippen LogP contribution in [-0.4, -0.2) is 49.1 Å². The van der Waals surface area contributed by atoms with E-state index in [-0.39, 0.29) is 18.4 Å². The molecular formula is C23H28N2O3. The highest BCUT2D eigenvalue weighted by molar-refractivity contribution is 6.08. The van der Waals surface area contributed by atoms with Crippen LogP contribution >= 0.6 is 0 Å². The maximum absolute atomic E-state index is 13.4. The Morgan fingerprint density at radius 2 is 1.79 bits per heavy atom. The molecule has 0 aromatic heterocycles. The van der Waals surface area contributed by atoms with E-state index in [0.29, 0.717) is 32.2 Å². The highest BCUT2D eigenvalue weighted by Gasteiger charge is 2.49. The molecule has 1 aliphatic rings. The normalized spacial score (nSPS) is 18.2. The van der Waals surface area contributed by atoms with Gasteiger partial charge in [0.15, 0.2) is 0 Å². The molecule has 2 aromatic carbocycles. The largest absolute Gasteiger partial charge is 0.396 e. The number of amides is 2. The summed E-state index contributed by atoms with van der Waals surface area (Å²) >= 11 is 0. The minimum atomic E-state index is -0.736. The zero-order valence-electron chi connectivity index (χ0n) is 16.6. The molecule has 5 nitrogen and oxygen atoms in total. The molecule has 1 atom stereocenters. The van der Waals surface area contributed by atoms with Crippen molar-refractivity contribution in [2.75, 3.05) is 32.1 Å². The van der Waals surface area contributed by atoms with Gasteiger partial charge in [-0.2, -0.15) is 0 Å². The van der Waals surface area contributed by atoms with E-state index in [1.165, 1.54) is 0 Å². The van der Waals surface area contributed by atoms with Gasteiger partial charge >= 0.3 is 0 Å². The van der Waals surface area contributed by atoms with Crippen molar-refractivity contribution in [1.82, 2.24) is 4.90 Å². The van der Waals surface area contributed by atoms with Crippen LogP contribution in [0.3, 0.4) is 0 Å². The van der Waals surface area contributed by atoms with Gasteiger partial charge in [-0.05, 0) is 36.5 Å². The maximum atomic E-state index is 13.4. The number of rotatable bonds is 8. The third-order valence-electron chi connectivity index (χ3n) is 5.69. The van der Waals surface area contributed by atoms with E-state index in [4.69, 9.17) is 5.11 Å². The van der Waals surface area contributed by atoms with Crippen LogP contribution in [-0.2, 0) is 21.4 Å². The highest BCUT2D eigenvalue weighted by Crippen LogP contribution is 2.46. The molecule has 0 saturated heterocycles. The van der Waals surface area contributed by atoms with Gasteiger partial charge in [-0.3, -0.25) is 9.59 Å². The van der Waals surface area contributed by atoms with Gasteiger partial charge in [-0.1, -0.05) is 48.5 Å². The van der Waals surface area contributed by atoms with Gasteiger partial charge in [0.05, 0.1) is 5.41 Å². The molecule has 1 N–H and O–H groups in total. The summed E-state index contributed by atoms with van der Waals surface area (Å²) in [6.07, 6.45) is 1.89. The van der Waals surface area contributed by atoms with Gasteiger partial charge in [-0.25, -0.2) is 0 Å². The fraction of sp³-hybridized carbons (Fsp3) is 0.391. The van der Waals surface area contributed by atoms with Gasteiger partial charge in [0, 0.05) is 39.4 Å². The van der Waals surface area contributed by atoms with Crippen molar-refractivity contribution in [2.45, 2.75) is 31.1 Å². The summed E-state index contributed by atoms with van der Waals surface area (Å²) in [4.78, 5) is 29.4. The lowest BCUT2D eigenvalue weighted by atomic mass is 9.73. The standard InChI is InChI=1S/C23H28N2O3/c1-24(15-8-16-26)21(27)13-14-23(17-18-9-4-3-5-10-18)19-11-6-7-12-20(19)25(2)22(23)28/h3-7,9-12,26H,8,13-17H2,1-2H3/t23-/m0/s1. The predicted octanol–water partition coefficient (Wildman–Crippen LogP) is 2.76. The van der Waals surface area contributed by atoms with E-state index in [0.717, 1.165) is 16.8 Å². The van der Waals surface area contributed by atoms with Crippen molar-refractivity contribution in [2.24, 2.45) is 0 Å². The number of anilines is 1. The molecule has 1 aliphatic heterocycles. The van der Waals surface area contributed by atoms with Gasteiger partial charge in [-0.15, -0.1) is 0 Å². The van der Waals surface area contributed by atoms with E-state index in [9.17, 15) is 9.59 Å². The van der Waals surface area contributed by atoms with Crippen molar-refractivity contribution < 1.29 is 14.7 Å². The second-order valence-electron chi connectivity index (χ2n) is 7.52. The zero-order valence-corrected chi connectivity index (χ0v) is 16.6. The van der Waals surface area contributed by atoms with Gasteiger partial charge in [0.2, 0.25) is 11.8 Å². The molecule has 0 fully saturated rings. The number of nitrogens with zero attached hydrogens (tertiary/aromatic N) is 2. The Kier molecular flexibility index (Phi) is 6.15. The summed E-state index contributed by atoms with van der Waals surface area (Å²) in [6.45, 7) is 0.581. The molecule has 2 aromatic rings. The van der Waals surface area contributed by atoms with Crippen LogP contribution in [0, 0.1) is 0 Å². The first kappa shape index (κ1) is 20.1. The third-order valence-corrected chi connectivity index (χ3v) is 5.69. The van der Waals surface area contributed by atoms with Crippen LogP contribution in [0.15, 0.2) is 54.6 Å². The lowest BCUT2D eigenvalue weighted by Crippen LogP contribution is -2.41. The molecule has 0 saturated carbocycles. The first-order valence-corrected chi connectivity index (χ1v) is 9.76. The fourth-order valence-corrected chi connectivity index (χ4v) is 4.11. The summed E-state index contributed by atoms with van der Waals surface area (Å²) < 4.78 is 0. The Morgan fingerprint density at radius 3 is 2.50 bits per heavy atom. The molecule has 148 valence electrons. The fourth-order valence-electron chi connectivity index (χ4n) is 4.11. The number of likely N-dealkylation sites (N-methyl/N-ethyl adjacent to an activating group) is 1. The number of para-hydroxylation sites is 1. The topological polar surface area (TPSA) is 60.9 Å². The number of hydrogen-bond acceptors (Lipinski definition) is 3. The van der Waals surface area contributed by atoms with E-state index < -0.39 is 5.41 Å². The van der Waals surface area contributed by atoms with Crippen molar-refractivity contribution in [3.8, 4) is 0 Å². The Labute approximate surface area is 166 Å². The minimum absolute atomic E-state index is 0.000667. The Balaban J connectivity index is 1.91. The van der Waals surface area contributed by atoms with Crippen LogP contribution in [0.2, 0.25) is 0 Å². The lowest BCUT2D eigenvalue weighted by Gasteiger charge is -2.29. The van der Waals surface area contributed by atoms with Gasteiger partial charge < -0.3 is 14.9 Å². The van der Waals surface area contributed by atoms with Crippen LogP contribution in [0.5, 0.6) is 0 Å². The molecule has 0 radical (unpaired) electrons. The second kappa shape index (κ2) is 8.57. The summed E-state index contributed by atoms with van der Waals surface area (Å²) in [5.41, 5.74) is 2.27. The molecular weight excluding hydrogens is 352 g/mol. The minimum Gasteiger partial charge on any atom is -0.396 e. The van der Waals surface area contributed by atoms with Crippen molar-refractivity contribution in [3.05, 3.63) is 65.7 Å². The van der Waals surface area contributed by atoms with Gasteiger partial charge in [0.1, 0.15) is 0 Å².